The van der Waals surface area contributed by atoms with Gasteiger partial charge in [0.2, 0.25) is 0 Å². The summed E-state index contributed by atoms with van der Waals surface area (Å²) in [5, 5.41) is 4.15. The summed E-state index contributed by atoms with van der Waals surface area (Å²) in [6.07, 6.45) is 4.94. The lowest BCUT2D eigenvalue weighted by Crippen LogP contribution is -1.98. The number of hydrogen-bond donors (Lipinski definition) is 1. The van der Waals surface area contributed by atoms with Crippen molar-refractivity contribution in [2.45, 2.75) is 6.92 Å². The third-order valence-corrected chi connectivity index (χ3v) is 3.49. The minimum Gasteiger partial charge on any atom is -0.372 e. The summed E-state index contributed by atoms with van der Waals surface area (Å²) in [4.78, 5) is 19.5. The number of nitrogens with zero attached hydrogens (tertiary/aromatic N) is 4. The quantitative estimate of drug-likeness (QED) is 0.764. The first-order chi connectivity index (χ1) is 8.78. The maximum atomic E-state index is 4.54. The standard InChI is InChI=1S/C12H11N5S/c1-7-5-8-10(13-2)16-11(17-12(8)18-7)9-6-14-3-4-15-9/h3-6H,1-2H3,(H,13,16,17). The molecule has 3 aromatic rings. The third kappa shape index (κ3) is 1.80. The van der Waals surface area contributed by atoms with Crippen LogP contribution in [0.2, 0.25) is 0 Å². The molecule has 5 nitrogen and oxygen atoms in total. The van der Waals surface area contributed by atoms with Crippen LogP contribution in [0.25, 0.3) is 21.7 Å². The van der Waals surface area contributed by atoms with Crippen molar-refractivity contribution >= 4 is 27.4 Å². The van der Waals surface area contributed by atoms with Gasteiger partial charge in [0, 0.05) is 24.3 Å². The lowest BCUT2D eigenvalue weighted by atomic mass is 10.3. The van der Waals surface area contributed by atoms with Crippen molar-refractivity contribution in [1.29, 1.82) is 0 Å². The Labute approximate surface area is 108 Å². The van der Waals surface area contributed by atoms with Crippen molar-refractivity contribution in [2.24, 2.45) is 0 Å². The Hall–Kier alpha value is -2.08. The van der Waals surface area contributed by atoms with Crippen molar-refractivity contribution in [3.05, 3.63) is 29.5 Å². The lowest BCUT2D eigenvalue weighted by Gasteiger charge is -2.04. The summed E-state index contributed by atoms with van der Waals surface area (Å²) in [6, 6.07) is 2.09. The molecule has 0 unspecified atom stereocenters. The van der Waals surface area contributed by atoms with Crippen LogP contribution in [0.5, 0.6) is 0 Å². The molecule has 0 spiro atoms. The van der Waals surface area contributed by atoms with Crippen molar-refractivity contribution in [2.75, 3.05) is 12.4 Å². The summed E-state index contributed by atoms with van der Waals surface area (Å²) in [5.41, 5.74) is 0.682. The number of rotatable bonds is 2. The van der Waals surface area contributed by atoms with E-state index in [1.807, 2.05) is 7.05 Å². The van der Waals surface area contributed by atoms with Crippen LogP contribution in [0.3, 0.4) is 0 Å². The van der Waals surface area contributed by atoms with Gasteiger partial charge in [0.25, 0.3) is 0 Å². The molecule has 0 amide bonds. The van der Waals surface area contributed by atoms with Crippen LogP contribution in [0.4, 0.5) is 5.82 Å². The van der Waals surface area contributed by atoms with E-state index in [1.54, 1.807) is 29.9 Å². The molecule has 0 aliphatic carbocycles. The molecule has 0 aliphatic rings. The summed E-state index contributed by atoms with van der Waals surface area (Å²) >= 11 is 1.65. The van der Waals surface area contributed by atoms with Gasteiger partial charge in [0.15, 0.2) is 5.82 Å². The van der Waals surface area contributed by atoms with E-state index in [0.717, 1.165) is 16.0 Å². The van der Waals surface area contributed by atoms with Gasteiger partial charge in [0.1, 0.15) is 16.3 Å². The van der Waals surface area contributed by atoms with Gasteiger partial charge in [-0.3, -0.25) is 4.98 Å². The van der Waals surface area contributed by atoms with Gasteiger partial charge in [-0.15, -0.1) is 11.3 Å². The molecule has 0 aliphatic heterocycles. The molecule has 3 aromatic heterocycles. The topological polar surface area (TPSA) is 63.6 Å². The monoisotopic (exact) mass is 257 g/mol. The SMILES string of the molecule is CNc1nc(-c2cnccn2)nc2sc(C)cc12. The van der Waals surface area contributed by atoms with Crippen LogP contribution < -0.4 is 5.32 Å². The van der Waals surface area contributed by atoms with Crippen molar-refractivity contribution in [3.63, 3.8) is 0 Å². The number of aryl methyl sites for hydroxylation is 1. The molecule has 18 heavy (non-hydrogen) atoms. The van der Waals surface area contributed by atoms with Gasteiger partial charge in [-0.05, 0) is 13.0 Å². The van der Waals surface area contributed by atoms with Gasteiger partial charge in [-0.1, -0.05) is 0 Å². The minimum absolute atomic E-state index is 0.599. The highest BCUT2D eigenvalue weighted by Gasteiger charge is 2.11. The fourth-order valence-electron chi connectivity index (χ4n) is 1.76. The molecule has 90 valence electrons. The number of fused-ring (bicyclic) bond motifs is 1. The second kappa shape index (κ2) is 4.30. The molecule has 0 saturated carbocycles. The van der Waals surface area contributed by atoms with Gasteiger partial charge in [-0.25, -0.2) is 15.0 Å². The number of hydrogen-bond acceptors (Lipinski definition) is 6. The molecule has 0 saturated heterocycles. The fraction of sp³-hybridized carbons (Fsp3) is 0.167. The Morgan fingerprint density at radius 2 is 2.11 bits per heavy atom. The zero-order chi connectivity index (χ0) is 12.5. The van der Waals surface area contributed by atoms with Crippen molar-refractivity contribution in [3.8, 4) is 11.5 Å². The molecule has 1 N–H and O–H groups in total. The smallest absolute Gasteiger partial charge is 0.183 e. The van der Waals surface area contributed by atoms with Crippen LogP contribution >= 0.6 is 11.3 Å². The van der Waals surface area contributed by atoms with Gasteiger partial charge in [0.05, 0.1) is 11.6 Å². The first-order valence-corrected chi connectivity index (χ1v) is 6.32. The fourth-order valence-corrected chi connectivity index (χ4v) is 2.64. The largest absolute Gasteiger partial charge is 0.372 e. The molecule has 0 atom stereocenters. The number of aromatic nitrogens is 4. The highest BCUT2D eigenvalue weighted by atomic mass is 32.1. The van der Waals surface area contributed by atoms with E-state index in [1.165, 1.54) is 4.88 Å². The van der Waals surface area contributed by atoms with E-state index in [2.05, 4.69) is 38.2 Å². The Balaban J connectivity index is 2.25. The molecule has 0 aromatic carbocycles. The highest BCUT2D eigenvalue weighted by molar-refractivity contribution is 7.18. The Bertz CT molecular complexity index is 692. The van der Waals surface area contributed by atoms with Crippen LogP contribution in [0, 0.1) is 6.92 Å². The van der Waals surface area contributed by atoms with Gasteiger partial charge < -0.3 is 5.32 Å². The zero-order valence-electron chi connectivity index (χ0n) is 10.0. The molecular weight excluding hydrogens is 246 g/mol. The molecule has 3 heterocycles. The van der Waals surface area contributed by atoms with Crippen LogP contribution in [-0.4, -0.2) is 27.0 Å². The molecule has 0 bridgehead atoms. The molecule has 0 fully saturated rings. The average Bonchev–Trinajstić information content (AvgIpc) is 2.78. The number of thiophene rings is 1. The van der Waals surface area contributed by atoms with Crippen LogP contribution in [0.15, 0.2) is 24.7 Å². The van der Waals surface area contributed by atoms with E-state index >= 15 is 0 Å². The molecular formula is C12H11N5S. The second-order valence-electron chi connectivity index (χ2n) is 3.81. The normalized spacial score (nSPS) is 10.8. The van der Waals surface area contributed by atoms with E-state index in [9.17, 15) is 0 Å². The first-order valence-electron chi connectivity index (χ1n) is 5.50. The van der Waals surface area contributed by atoms with Crippen LogP contribution in [0.1, 0.15) is 4.88 Å². The maximum absolute atomic E-state index is 4.54. The number of anilines is 1. The summed E-state index contributed by atoms with van der Waals surface area (Å²) in [5.74, 6) is 1.42. The molecule has 3 rings (SSSR count). The Kier molecular flexibility index (Phi) is 2.64. The summed E-state index contributed by atoms with van der Waals surface area (Å²) in [6.45, 7) is 2.06. The predicted molar refractivity (Wildman–Crippen MR) is 72.7 cm³/mol. The summed E-state index contributed by atoms with van der Waals surface area (Å²) in [7, 11) is 1.86. The average molecular weight is 257 g/mol. The van der Waals surface area contributed by atoms with Crippen molar-refractivity contribution < 1.29 is 0 Å². The molecule has 6 heteroatoms. The summed E-state index contributed by atoms with van der Waals surface area (Å²) < 4.78 is 0. The first kappa shape index (κ1) is 11.0. The maximum Gasteiger partial charge on any atom is 0.183 e. The Morgan fingerprint density at radius 1 is 1.22 bits per heavy atom. The second-order valence-corrected chi connectivity index (χ2v) is 5.05. The van der Waals surface area contributed by atoms with Crippen LogP contribution in [-0.2, 0) is 0 Å². The minimum atomic E-state index is 0.599. The van der Waals surface area contributed by atoms with E-state index in [4.69, 9.17) is 0 Å². The lowest BCUT2D eigenvalue weighted by molar-refractivity contribution is 1.14. The number of nitrogens with one attached hydrogen (secondary N) is 1. The third-order valence-electron chi connectivity index (χ3n) is 2.55. The van der Waals surface area contributed by atoms with Gasteiger partial charge in [-0.2, -0.15) is 0 Å². The van der Waals surface area contributed by atoms with E-state index in [0.29, 0.717) is 11.5 Å². The van der Waals surface area contributed by atoms with E-state index in [-0.39, 0.29) is 0 Å². The predicted octanol–water partition coefficient (Wildman–Crippen LogP) is 2.50. The zero-order valence-corrected chi connectivity index (χ0v) is 10.8. The van der Waals surface area contributed by atoms with Gasteiger partial charge >= 0.3 is 0 Å². The van der Waals surface area contributed by atoms with E-state index < -0.39 is 0 Å². The molecule has 0 radical (unpaired) electrons. The van der Waals surface area contributed by atoms with Crippen molar-refractivity contribution in [1.82, 2.24) is 19.9 Å². The highest BCUT2D eigenvalue weighted by Crippen LogP contribution is 2.29. The Morgan fingerprint density at radius 3 is 2.83 bits per heavy atom.